The summed E-state index contributed by atoms with van der Waals surface area (Å²) in [6, 6.07) is 9.90. The van der Waals surface area contributed by atoms with Gasteiger partial charge in [0.25, 0.3) is 0 Å². The Labute approximate surface area is 98.5 Å². The smallest absolute Gasteiger partial charge is 0.0756 e. The van der Waals surface area contributed by atoms with Gasteiger partial charge >= 0.3 is 0 Å². The summed E-state index contributed by atoms with van der Waals surface area (Å²) in [5.74, 6) is 0.613. The van der Waals surface area contributed by atoms with E-state index in [9.17, 15) is 5.11 Å². The van der Waals surface area contributed by atoms with Gasteiger partial charge in [-0.15, -0.1) is 0 Å². The molecular weight excluding hydrogens is 198 g/mol. The Kier molecular flexibility index (Phi) is 4.97. The molecule has 0 aliphatic carbocycles. The highest BCUT2D eigenvalue weighted by atomic mass is 16.3. The SMILES string of the molecule is CC(C)CC(N)C(O)C(C)c1ccccc1. The van der Waals surface area contributed by atoms with Crippen LogP contribution in [0.4, 0.5) is 0 Å². The average molecular weight is 221 g/mol. The molecule has 1 rings (SSSR count). The van der Waals surface area contributed by atoms with E-state index in [1.807, 2.05) is 37.3 Å². The molecule has 0 radical (unpaired) electrons. The Morgan fingerprint density at radius 2 is 1.69 bits per heavy atom. The van der Waals surface area contributed by atoms with Crippen LogP contribution in [-0.2, 0) is 0 Å². The van der Waals surface area contributed by atoms with Crippen molar-refractivity contribution in [1.29, 1.82) is 0 Å². The van der Waals surface area contributed by atoms with Crippen LogP contribution in [0.25, 0.3) is 0 Å². The first-order valence-electron chi connectivity index (χ1n) is 6.01. The molecule has 0 spiro atoms. The van der Waals surface area contributed by atoms with E-state index in [0.717, 1.165) is 12.0 Å². The molecule has 0 aliphatic rings. The van der Waals surface area contributed by atoms with Gasteiger partial charge in [0, 0.05) is 12.0 Å². The number of aliphatic hydroxyl groups excluding tert-OH is 1. The van der Waals surface area contributed by atoms with E-state index in [-0.39, 0.29) is 12.0 Å². The van der Waals surface area contributed by atoms with E-state index in [1.165, 1.54) is 0 Å². The van der Waals surface area contributed by atoms with Gasteiger partial charge in [0.2, 0.25) is 0 Å². The van der Waals surface area contributed by atoms with Crippen LogP contribution >= 0.6 is 0 Å². The van der Waals surface area contributed by atoms with Gasteiger partial charge in [0.05, 0.1) is 6.10 Å². The standard InChI is InChI=1S/C14H23NO/c1-10(2)9-13(15)14(16)11(3)12-7-5-4-6-8-12/h4-8,10-11,13-14,16H,9,15H2,1-3H3. The molecule has 0 amide bonds. The first-order valence-corrected chi connectivity index (χ1v) is 6.01. The lowest BCUT2D eigenvalue weighted by Crippen LogP contribution is -2.39. The van der Waals surface area contributed by atoms with Crippen molar-refractivity contribution in [2.75, 3.05) is 0 Å². The summed E-state index contributed by atoms with van der Waals surface area (Å²) in [5, 5.41) is 10.2. The molecule has 0 fully saturated rings. The van der Waals surface area contributed by atoms with Crippen LogP contribution in [0.5, 0.6) is 0 Å². The van der Waals surface area contributed by atoms with Crippen LogP contribution in [0, 0.1) is 5.92 Å². The van der Waals surface area contributed by atoms with Gasteiger partial charge in [0.15, 0.2) is 0 Å². The van der Waals surface area contributed by atoms with Crippen LogP contribution in [0.3, 0.4) is 0 Å². The summed E-state index contributed by atoms with van der Waals surface area (Å²) in [5.41, 5.74) is 7.15. The number of aliphatic hydroxyl groups is 1. The molecule has 0 saturated heterocycles. The molecule has 90 valence electrons. The van der Waals surface area contributed by atoms with E-state index < -0.39 is 6.10 Å². The van der Waals surface area contributed by atoms with Crippen LogP contribution in [0.1, 0.15) is 38.7 Å². The van der Waals surface area contributed by atoms with Gasteiger partial charge in [-0.05, 0) is 17.9 Å². The molecule has 3 unspecified atom stereocenters. The molecule has 2 heteroatoms. The molecule has 1 aromatic carbocycles. The maximum Gasteiger partial charge on any atom is 0.0756 e. The van der Waals surface area contributed by atoms with Gasteiger partial charge in [-0.1, -0.05) is 51.1 Å². The Bertz CT molecular complexity index is 297. The minimum absolute atomic E-state index is 0.0925. The molecule has 0 aliphatic heterocycles. The van der Waals surface area contributed by atoms with Crippen LogP contribution in [0.15, 0.2) is 30.3 Å². The molecular formula is C14H23NO. The van der Waals surface area contributed by atoms with E-state index in [1.54, 1.807) is 0 Å². The van der Waals surface area contributed by atoms with Crippen molar-refractivity contribution in [2.45, 2.75) is 45.3 Å². The van der Waals surface area contributed by atoms with Crippen LogP contribution < -0.4 is 5.73 Å². The molecule has 2 nitrogen and oxygen atoms in total. The molecule has 3 atom stereocenters. The van der Waals surface area contributed by atoms with Gasteiger partial charge in [-0.25, -0.2) is 0 Å². The van der Waals surface area contributed by atoms with Gasteiger partial charge in [-0.2, -0.15) is 0 Å². The zero-order valence-corrected chi connectivity index (χ0v) is 10.4. The second-order valence-corrected chi connectivity index (χ2v) is 4.98. The van der Waals surface area contributed by atoms with Crippen LogP contribution in [-0.4, -0.2) is 17.3 Å². The highest BCUT2D eigenvalue weighted by molar-refractivity contribution is 5.20. The van der Waals surface area contributed by atoms with E-state index >= 15 is 0 Å². The molecule has 3 N–H and O–H groups in total. The molecule has 0 bridgehead atoms. The van der Waals surface area contributed by atoms with Crippen molar-refractivity contribution < 1.29 is 5.11 Å². The maximum atomic E-state index is 10.2. The summed E-state index contributed by atoms with van der Waals surface area (Å²) >= 11 is 0. The Balaban J connectivity index is 2.63. The summed E-state index contributed by atoms with van der Waals surface area (Å²) in [6.45, 7) is 6.28. The molecule has 1 aromatic rings. The van der Waals surface area contributed by atoms with E-state index in [0.29, 0.717) is 5.92 Å². The van der Waals surface area contributed by atoms with Crippen molar-refractivity contribution in [3.8, 4) is 0 Å². The third-order valence-electron chi connectivity index (χ3n) is 3.02. The minimum atomic E-state index is -0.468. The number of hydrogen-bond acceptors (Lipinski definition) is 2. The second kappa shape index (κ2) is 6.02. The fourth-order valence-electron chi connectivity index (χ4n) is 2.01. The second-order valence-electron chi connectivity index (χ2n) is 4.98. The lowest BCUT2D eigenvalue weighted by molar-refractivity contribution is 0.111. The summed E-state index contributed by atoms with van der Waals surface area (Å²) in [4.78, 5) is 0. The number of rotatable bonds is 5. The number of hydrogen-bond donors (Lipinski definition) is 2. The molecule has 16 heavy (non-hydrogen) atoms. The maximum absolute atomic E-state index is 10.2. The molecule has 0 aromatic heterocycles. The van der Waals surface area contributed by atoms with Crippen LogP contribution in [0.2, 0.25) is 0 Å². The normalized spacial score (nSPS) is 17.1. The fraction of sp³-hybridized carbons (Fsp3) is 0.571. The van der Waals surface area contributed by atoms with Gasteiger partial charge in [0.1, 0.15) is 0 Å². The first kappa shape index (κ1) is 13.2. The summed E-state index contributed by atoms with van der Waals surface area (Å²) in [7, 11) is 0. The van der Waals surface area contributed by atoms with Gasteiger partial charge in [-0.3, -0.25) is 0 Å². The number of benzene rings is 1. The molecule has 0 heterocycles. The summed E-state index contributed by atoms with van der Waals surface area (Å²) in [6.07, 6.45) is 0.392. The van der Waals surface area contributed by atoms with E-state index in [4.69, 9.17) is 5.73 Å². The third kappa shape index (κ3) is 3.62. The predicted octanol–water partition coefficient (Wildman–Crippen LogP) is 2.52. The third-order valence-corrected chi connectivity index (χ3v) is 3.02. The first-order chi connectivity index (χ1) is 7.52. The lowest BCUT2D eigenvalue weighted by Gasteiger charge is -2.26. The van der Waals surface area contributed by atoms with Crippen molar-refractivity contribution in [1.82, 2.24) is 0 Å². The highest BCUT2D eigenvalue weighted by Gasteiger charge is 2.23. The highest BCUT2D eigenvalue weighted by Crippen LogP contribution is 2.22. The number of nitrogens with two attached hydrogens (primary N) is 1. The summed E-state index contributed by atoms with van der Waals surface area (Å²) < 4.78 is 0. The average Bonchev–Trinajstić information content (AvgIpc) is 2.27. The van der Waals surface area contributed by atoms with Crippen molar-refractivity contribution in [3.63, 3.8) is 0 Å². The molecule has 0 saturated carbocycles. The quantitative estimate of drug-likeness (QED) is 0.802. The minimum Gasteiger partial charge on any atom is -0.391 e. The Morgan fingerprint density at radius 1 is 1.12 bits per heavy atom. The van der Waals surface area contributed by atoms with Crippen molar-refractivity contribution in [2.24, 2.45) is 11.7 Å². The zero-order chi connectivity index (χ0) is 12.1. The van der Waals surface area contributed by atoms with Crippen molar-refractivity contribution >= 4 is 0 Å². The Hall–Kier alpha value is -0.860. The fourth-order valence-corrected chi connectivity index (χ4v) is 2.01. The van der Waals surface area contributed by atoms with Crippen molar-refractivity contribution in [3.05, 3.63) is 35.9 Å². The zero-order valence-electron chi connectivity index (χ0n) is 10.4. The largest absolute Gasteiger partial charge is 0.391 e. The topological polar surface area (TPSA) is 46.2 Å². The predicted molar refractivity (Wildman–Crippen MR) is 68.3 cm³/mol. The monoisotopic (exact) mass is 221 g/mol. The van der Waals surface area contributed by atoms with E-state index in [2.05, 4.69) is 13.8 Å². The van der Waals surface area contributed by atoms with Gasteiger partial charge < -0.3 is 10.8 Å². The lowest BCUT2D eigenvalue weighted by atomic mass is 9.88. The Morgan fingerprint density at radius 3 is 2.19 bits per heavy atom.